The van der Waals surface area contributed by atoms with Gasteiger partial charge >= 0.3 is 0 Å². The average Bonchev–Trinajstić information content (AvgIpc) is 3.55. The van der Waals surface area contributed by atoms with Crippen LogP contribution in [-0.2, 0) is 17.0 Å². The number of anilines is 1. The minimum atomic E-state index is -0.283. The van der Waals surface area contributed by atoms with Gasteiger partial charge in [0, 0.05) is 29.2 Å². The molecule has 1 amide bonds. The van der Waals surface area contributed by atoms with Crippen molar-refractivity contribution in [3.8, 4) is 11.4 Å². The number of hydrogen-bond donors (Lipinski definition) is 1. The zero-order valence-corrected chi connectivity index (χ0v) is 19.9. The summed E-state index contributed by atoms with van der Waals surface area (Å²) >= 11 is 1.58. The first-order valence-electron chi connectivity index (χ1n) is 11.5. The molecule has 1 fully saturated rings. The summed E-state index contributed by atoms with van der Waals surface area (Å²) in [5.74, 6) is 0.953. The van der Waals surface area contributed by atoms with E-state index >= 15 is 0 Å². The lowest BCUT2D eigenvalue weighted by atomic mass is 10.1. The van der Waals surface area contributed by atoms with Crippen LogP contribution in [0.1, 0.15) is 28.8 Å². The predicted molar refractivity (Wildman–Crippen MR) is 135 cm³/mol. The van der Waals surface area contributed by atoms with Crippen LogP contribution >= 0.6 is 11.8 Å². The molecule has 1 aliphatic heterocycles. The van der Waals surface area contributed by atoms with E-state index < -0.39 is 0 Å². The molecule has 0 aliphatic carbocycles. The van der Waals surface area contributed by atoms with Crippen molar-refractivity contribution in [2.24, 2.45) is 0 Å². The van der Waals surface area contributed by atoms with Gasteiger partial charge in [-0.2, -0.15) is 0 Å². The summed E-state index contributed by atoms with van der Waals surface area (Å²) < 4.78 is 21.4. The highest BCUT2D eigenvalue weighted by Crippen LogP contribution is 2.28. The number of nitrogens with zero attached hydrogens (tertiary/aromatic N) is 3. The van der Waals surface area contributed by atoms with E-state index in [0.29, 0.717) is 23.7 Å². The molecule has 1 aromatic heterocycles. The first kappa shape index (κ1) is 23.3. The molecular weight excluding hydrogens is 463 g/mol. The fraction of sp³-hybridized carbons (Fsp3) is 0.222. The van der Waals surface area contributed by atoms with Crippen molar-refractivity contribution < 1.29 is 13.9 Å². The largest absolute Gasteiger partial charge is 0.376 e. The topological polar surface area (TPSA) is 69.0 Å². The van der Waals surface area contributed by atoms with Gasteiger partial charge < -0.3 is 10.1 Å². The molecule has 1 aliphatic rings. The van der Waals surface area contributed by atoms with Crippen LogP contribution in [0, 0.1) is 5.82 Å². The van der Waals surface area contributed by atoms with Gasteiger partial charge in [0.2, 0.25) is 0 Å². The molecule has 6 nitrogen and oxygen atoms in total. The maximum Gasteiger partial charge on any atom is 0.255 e. The van der Waals surface area contributed by atoms with Gasteiger partial charge in [-0.3, -0.25) is 9.36 Å². The number of carbonyl (C=O) groups is 1. The molecule has 1 saturated heterocycles. The monoisotopic (exact) mass is 488 g/mol. The maximum absolute atomic E-state index is 13.4. The van der Waals surface area contributed by atoms with Gasteiger partial charge in [-0.25, -0.2) is 4.39 Å². The van der Waals surface area contributed by atoms with Crippen molar-refractivity contribution in [1.29, 1.82) is 0 Å². The molecular formula is C27H25FN4O2S. The molecule has 0 radical (unpaired) electrons. The Hall–Kier alpha value is -3.49. The normalized spacial score (nSPS) is 15.3. The lowest BCUT2D eigenvalue weighted by Gasteiger charge is -2.15. The number of para-hydroxylation sites is 1. The first-order valence-corrected chi connectivity index (χ1v) is 12.5. The van der Waals surface area contributed by atoms with Crippen LogP contribution in [0.2, 0.25) is 0 Å². The lowest BCUT2D eigenvalue weighted by molar-refractivity contribution is 0.0953. The third-order valence-electron chi connectivity index (χ3n) is 5.85. The molecule has 4 aromatic rings. The number of thioether (sulfide) groups is 1. The number of rotatable bonds is 8. The van der Waals surface area contributed by atoms with Gasteiger partial charge in [0.1, 0.15) is 5.82 Å². The Morgan fingerprint density at radius 2 is 1.80 bits per heavy atom. The van der Waals surface area contributed by atoms with Crippen LogP contribution in [0.3, 0.4) is 0 Å². The minimum Gasteiger partial charge on any atom is -0.376 e. The zero-order chi connectivity index (χ0) is 24.0. The Kier molecular flexibility index (Phi) is 7.20. The van der Waals surface area contributed by atoms with Crippen LogP contribution in [0.25, 0.3) is 11.4 Å². The van der Waals surface area contributed by atoms with E-state index in [2.05, 4.69) is 20.1 Å². The van der Waals surface area contributed by atoms with Crippen molar-refractivity contribution in [3.05, 3.63) is 95.8 Å². The Balaban J connectivity index is 1.29. The molecule has 2 heterocycles. The third kappa shape index (κ3) is 5.78. The maximum atomic E-state index is 13.4. The second-order valence-electron chi connectivity index (χ2n) is 8.36. The highest BCUT2D eigenvalue weighted by molar-refractivity contribution is 7.98. The van der Waals surface area contributed by atoms with Gasteiger partial charge in [0.05, 0.1) is 12.6 Å². The number of halogens is 1. The van der Waals surface area contributed by atoms with Crippen LogP contribution in [0.5, 0.6) is 0 Å². The summed E-state index contributed by atoms with van der Waals surface area (Å²) in [4.78, 5) is 12.5. The molecule has 1 atom stereocenters. The van der Waals surface area contributed by atoms with Crippen LogP contribution in [-0.4, -0.2) is 33.4 Å². The van der Waals surface area contributed by atoms with Crippen molar-refractivity contribution >= 4 is 23.4 Å². The molecule has 0 saturated carbocycles. The molecule has 1 unspecified atom stereocenters. The zero-order valence-electron chi connectivity index (χ0n) is 19.1. The Morgan fingerprint density at radius 1 is 1.03 bits per heavy atom. The van der Waals surface area contributed by atoms with Gasteiger partial charge in [-0.15, -0.1) is 10.2 Å². The highest BCUT2D eigenvalue weighted by Gasteiger charge is 2.22. The van der Waals surface area contributed by atoms with Crippen LogP contribution in [0.4, 0.5) is 10.1 Å². The van der Waals surface area contributed by atoms with E-state index in [9.17, 15) is 9.18 Å². The number of amides is 1. The van der Waals surface area contributed by atoms with Crippen LogP contribution in [0.15, 0.2) is 84.0 Å². The number of ether oxygens (including phenoxy) is 1. The van der Waals surface area contributed by atoms with E-state index in [1.807, 2.05) is 54.6 Å². The Morgan fingerprint density at radius 3 is 2.51 bits per heavy atom. The van der Waals surface area contributed by atoms with Crippen molar-refractivity contribution in [2.75, 3.05) is 11.9 Å². The summed E-state index contributed by atoms with van der Waals surface area (Å²) in [6.45, 7) is 1.42. The standard InChI is InChI=1S/C27H25FN4O2S/c28-22-14-12-20(13-15-22)25-30-31-27(32(25)17-24-7-4-16-34-24)35-18-19-8-10-21(11-9-19)26(33)29-23-5-2-1-3-6-23/h1-3,5-6,8-15,24H,4,7,16-18H2,(H,29,33). The van der Waals surface area contributed by atoms with Crippen molar-refractivity contribution in [2.45, 2.75) is 36.4 Å². The van der Waals surface area contributed by atoms with E-state index in [-0.39, 0.29) is 17.8 Å². The van der Waals surface area contributed by atoms with Gasteiger partial charge in [0.15, 0.2) is 11.0 Å². The van der Waals surface area contributed by atoms with E-state index in [0.717, 1.165) is 41.4 Å². The van der Waals surface area contributed by atoms with E-state index in [4.69, 9.17) is 4.74 Å². The summed E-state index contributed by atoms with van der Waals surface area (Å²) in [6, 6.07) is 23.3. The predicted octanol–water partition coefficient (Wildman–Crippen LogP) is 5.81. The molecule has 178 valence electrons. The van der Waals surface area contributed by atoms with Gasteiger partial charge in [-0.05, 0) is 66.9 Å². The minimum absolute atomic E-state index is 0.118. The Labute approximate surface area is 207 Å². The van der Waals surface area contributed by atoms with Crippen molar-refractivity contribution in [3.63, 3.8) is 0 Å². The second kappa shape index (κ2) is 10.8. The summed E-state index contributed by atoms with van der Waals surface area (Å²) in [5, 5.41) is 12.5. The fourth-order valence-electron chi connectivity index (χ4n) is 3.99. The Bertz CT molecular complexity index is 1270. The third-order valence-corrected chi connectivity index (χ3v) is 6.88. The summed E-state index contributed by atoms with van der Waals surface area (Å²) in [6.07, 6.45) is 2.16. The second-order valence-corrected chi connectivity index (χ2v) is 9.31. The molecule has 1 N–H and O–H groups in total. The van der Waals surface area contributed by atoms with Crippen molar-refractivity contribution in [1.82, 2.24) is 14.8 Å². The van der Waals surface area contributed by atoms with Gasteiger partial charge in [0.25, 0.3) is 5.91 Å². The van der Waals surface area contributed by atoms with E-state index in [1.165, 1.54) is 12.1 Å². The van der Waals surface area contributed by atoms with Gasteiger partial charge in [-0.1, -0.05) is 42.1 Å². The first-order chi connectivity index (χ1) is 17.2. The summed E-state index contributed by atoms with van der Waals surface area (Å²) in [5.41, 5.74) is 3.25. The molecule has 0 spiro atoms. The SMILES string of the molecule is O=C(Nc1ccccc1)c1ccc(CSc2nnc(-c3ccc(F)cc3)n2CC2CCCO2)cc1. The molecule has 0 bridgehead atoms. The number of carbonyl (C=O) groups excluding carboxylic acids is 1. The van der Waals surface area contributed by atoms with E-state index in [1.54, 1.807) is 23.9 Å². The molecule has 5 rings (SSSR count). The summed E-state index contributed by atoms with van der Waals surface area (Å²) in [7, 11) is 0. The number of hydrogen-bond acceptors (Lipinski definition) is 5. The highest BCUT2D eigenvalue weighted by atomic mass is 32.2. The lowest BCUT2D eigenvalue weighted by Crippen LogP contribution is -2.16. The average molecular weight is 489 g/mol. The molecule has 35 heavy (non-hydrogen) atoms. The number of benzene rings is 3. The smallest absolute Gasteiger partial charge is 0.255 e. The number of aromatic nitrogens is 3. The molecule has 8 heteroatoms. The van der Waals surface area contributed by atoms with Crippen LogP contribution < -0.4 is 5.32 Å². The number of nitrogens with one attached hydrogen (secondary N) is 1. The fourth-order valence-corrected chi connectivity index (χ4v) is 4.89. The molecule has 3 aromatic carbocycles. The quantitative estimate of drug-likeness (QED) is 0.317.